The van der Waals surface area contributed by atoms with Crippen LogP contribution in [0.15, 0.2) is 6.07 Å². The summed E-state index contributed by atoms with van der Waals surface area (Å²) in [6, 6.07) is 2.07. The standard InChI is InChI=1S/C33H52O3/c1-20(2)23-11-13-26-24(18-23)12-14-28-32(26,8)15-10-16-33(28,9)30(35)36-19-25-21(3)17-27(31(5,6)7)29(34)22(25)4/h17,20,23-24,26,28,34H,10-16,18-19H2,1-9H3/t23?,24?,26-,28?,32-,33+/m1/s1. The molecule has 1 aromatic carbocycles. The minimum Gasteiger partial charge on any atom is -0.507 e. The Morgan fingerprint density at radius 3 is 2.44 bits per heavy atom. The van der Waals surface area contributed by atoms with Crippen molar-refractivity contribution in [1.82, 2.24) is 0 Å². The van der Waals surface area contributed by atoms with E-state index in [0.717, 1.165) is 65.2 Å². The van der Waals surface area contributed by atoms with E-state index in [9.17, 15) is 9.90 Å². The van der Waals surface area contributed by atoms with Crippen LogP contribution >= 0.6 is 0 Å². The van der Waals surface area contributed by atoms with Crippen molar-refractivity contribution in [3.63, 3.8) is 0 Å². The third-order valence-corrected chi connectivity index (χ3v) is 11.1. The summed E-state index contributed by atoms with van der Waals surface area (Å²) in [7, 11) is 0. The maximum Gasteiger partial charge on any atom is 0.312 e. The predicted octanol–water partition coefficient (Wildman–Crippen LogP) is 8.64. The first-order valence-corrected chi connectivity index (χ1v) is 14.7. The fraction of sp³-hybridized carbons (Fsp3) is 0.788. The van der Waals surface area contributed by atoms with Crippen LogP contribution in [0.5, 0.6) is 5.75 Å². The summed E-state index contributed by atoms with van der Waals surface area (Å²) in [5, 5.41) is 10.9. The van der Waals surface area contributed by atoms with Gasteiger partial charge in [-0.3, -0.25) is 4.79 Å². The molecule has 3 aliphatic rings. The third-order valence-electron chi connectivity index (χ3n) is 11.1. The number of fused-ring (bicyclic) bond motifs is 3. The number of phenolic OH excluding ortho intramolecular Hbond substituents is 1. The van der Waals surface area contributed by atoms with E-state index in [0.29, 0.717) is 11.7 Å². The summed E-state index contributed by atoms with van der Waals surface area (Å²) >= 11 is 0. The van der Waals surface area contributed by atoms with Crippen LogP contribution in [-0.4, -0.2) is 11.1 Å². The number of carbonyl (C=O) groups is 1. The van der Waals surface area contributed by atoms with Gasteiger partial charge in [-0.2, -0.15) is 0 Å². The molecule has 3 unspecified atom stereocenters. The van der Waals surface area contributed by atoms with Gasteiger partial charge < -0.3 is 9.84 Å². The van der Waals surface area contributed by atoms with Gasteiger partial charge in [0.15, 0.2) is 0 Å². The lowest BCUT2D eigenvalue weighted by atomic mass is 9.43. The molecule has 0 aliphatic heterocycles. The Kier molecular flexibility index (Phi) is 7.39. The normalized spacial score (nSPS) is 34.7. The highest BCUT2D eigenvalue weighted by molar-refractivity contribution is 5.77. The number of aryl methyl sites for hydroxylation is 1. The van der Waals surface area contributed by atoms with Crippen LogP contribution in [0, 0.1) is 54.3 Å². The van der Waals surface area contributed by atoms with Crippen LogP contribution in [0.1, 0.15) is 122 Å². The average molecular weight is 497 g/mol. The van der Waals surface area contributed by atoms with Crippen molar-refractivity contribution in [3.8, 4) is 5.75 Å². The summed E-state index contributed by atoms with van der Waals surface area (Å²) in [6.07, 6.45) is 9.83. The van der Waals surface area contributed by atoms with E-state index < -0.39 is 5.41 Å². The zero-order chi connectivity index (χ0) is 26.6. The first-order valence-electron chi connectivity index (χ1n) is 14.7. The minimum atomic E-state index is -0.415. The van der Waals surface area contributed by atoms with Gasteiger partial charge in [0.25, 0.3) is 0 Å². The summed E-state index contributed by atoms with van der Waals surface area (Å²) < 4.78 is 6.14. The first-order chi connectivity index (χ1) is 16.7. The second-order valence-corrected chi connectivity index (χ2v) is 14.6. The molecule has 4 rings (SSSR count). The maximum absolute atomic E-state index is 13.8. The second kappa shape index (κ2) is 9.66. The van der Waals surface area contributed by atoms with Crippen molar-refractivity contribution < 1.29 is 14.6 Å². The zero-order valence-electron chi connectivity index (χ0n) is 24.6. The molecule has 3 fully saturated rings. The molecule has 0 saturated heterocycles. The average Bonchev–Trinajstić information content (AvgIpc) is 2.79. The van der Waals surface area contributed by atoms with Crippen molar-refractivity contribution >= 4 is 5.97 Å². The molecule has 6 atom stereocenters. The molecule has 3 aliphatic carbocycles. The van der Waals surface area contributed by atoms with Crippen LogP contribution in [0.3, 0.4) is 0 Å². The first kappa shape index (κ1) is 27.5. The van der Waals surface area contributed by atoms with Gasteiger partial charge in [0, 0.05) is 0 Å². The lowest BCUT2D eigenvalue weighted by Crippen LogP contribution is -2.56. The molecule has 1 N–H and O–H groups in total. The highest BCUT2D eigenvalue weighted by Crippen LogP contribution is 2.64. The van der Waals surface area contributed by atoms with Gasteiger partial charge in [0.1, 0.15) is 12.4 Å². The van der Waals surface area contributed by atoms with Crippen molar-refractivity contribution in [2.75, 3.05) is 0 Å². The highest BCUT2D eigenvalue weighted by atomic mass is 16.5. The molecule has 0 bridgehead atoms. The molecule has 0 spiro atoms. The largest absolute Gasteiger partial charge is 0.507 e. The van der Waals surface area contributed by atoms with Gasteiger partial charge in [-0.1, -0.05) is 54.0 Å². The number of hydrogen-bond donors (Lipinski definition) is 1. The highest BCUT2D eigenvalue weighted by Gasteiger charge is 2.59. The minimum absolute atomic E-state index is 0.0223. The van der Waals surface area contributed by atoms with Crippen LogP contribution in [0.25, 0.3) is 0 Å². The van der Waals surface area contributed by atoms with Gasteiger partial charge in [0.2, 0.25) is 0 Å². The smallest absolute Gasteiger partial charge is 0.312 e. The van der Waals surface area contributed by atoms with Gasteiger partial charge in [-0.25, -0.2) is 0 Å². The van der Waals surface area contributed by atoms with Crippen LogP contribution in [-0.2, 0) is 21.6 Å². The third kappa shape index (κ3) is 4.62. The number of rotatable bonds is 4. The molecular weight excluding hydrogens is 444 g/mol. The molecule has 0 radical (unpaired) electrons. The monoisotopic (exact) mass is 496 g/mol. The molecule has 1 aromatic rings. The number of ether oxygens (including phenoxy) is 1. The molecule has 3 heteroatoms. The summed E-state index contributed by atoms with van der Waals surface area (Å²) in [6.45, 7) is 20.1. The topological polar surface area (TPSA) is 46.5 Å². The number of phenols is 1. The van der Waals surface area contributed by atoms with Crippen molar-refractivity contribution in [1.29, 1.82) is 0 Å². The van der Waals surface area contributed by atoms with Crippen molar-refractivity contribution in [2.24, 2.45) is 40.4 Å². The Morgan fingerprint density at radius 2 is 1.81 bits per heavy atom. The molecule has 3 nitrogen and oxygen atoms in total. The van der Waals surface area contributed by atoms with E-state index in [1.807, 2.05) is 6.92 Å². The summed E-state index contributed by atoms with van der Waals surface area (Å²) in [5.74, 6) is 3.97. The fourth-order valence-electron chi connectivity index (χ4n) is 8.83. The quantitative estimate of drug-likeness (QED) is 0.424. The van der Waals surface area contributed by atoms with Crippen LogP contribution in [0.2, 0.25) is 0 Å². The predicted molar refractivity (Wildman–Crippen MR) is 148 cm³/mol. The SMILES string of the molecule is Cc1cc(C(C)(C)C)c(O)c(C)c1COC(=O)[C@@]1(C)CCC[C@@]2(C)C1CCC1CC(C(C)C)CC[C@H]12. The lowest BCUT2D eigenvalue weighted by molar-refractivity contribution is -0.180. The molecule has 202 valence electrons. The van der Waals surface area contributed by atoms with Crippen LogP contribution < -0.4 is 0 Å². The Hall–Kier alpha value is -1.51. The zero-order valence-corrected chi connectivity index (χ0v) is 24.6. The molecule has 3 saturated carbocycles. The van der Waals surface area contributed by atoms with E-state index in [1.54, 1.807) is 0 Å². The van der Waals surface area contributed by atoms with E-state index in [-0.39, 0.29) is 23.4 Å². The summed E-state index contributed by atoms with van der Waals surface area (Å²) in [4.78, 5) is 13.8. The number of benzene rings is 1. The second-order valence-electron chi connectivity index (χ2n) is 14.6. The Morgan fingerprint density at radius 1 is 1.11 bits per heavy atom. The number of hydrogen-bond acceptors (Lipinski definition) is 3. The molecule has 36 heavy (non-hydrogen) atoms. The molecule has 0 amide bonds. The van der Waals surface area contributed by atoms with Gasteiger partial charge in [0.05, 0.1) is 5.41 Å². The Labute approximate surface area is 220 Å². The fourth-order valence-corrected chi connectivity index (χ4v) is 8.83. The van der Waals surface area contributed by atoms with Crippen molar-refractivity contribution in [2.45, 2.75) is 126 Å². The van der Waals surface area contributed by atoms with E-state index in [1.165, 1.54) is 32.1 Å². The van der Waals surface area contributed by atoms with E-state index in [4.69, 9.17) is 4.74 Å². The van der Waals surface area contributed by atoms with Crippen molar-refractivity contribution in [3.05, 3.63) is 28.3 Å². The number of carbonyl (C=O) groups excluding carboxylic acids is 1. The van der Waals surface area contributed by atoms with E-state index >= 15 is 0 Å². The maximum atomic E-state index is 13.8. The Bertz CT molecular complexity index is 986. The number of esters is 1. The lowest BCUT2D eigenvalue weighted by Gasteiger charge is -2.61. The van der Waals surface area contributed by atoms with Gasteiger partial charge >= 0.3 is 5.97 Å². The number of aromatic hydroxyl groups is 1. The van der Waals surface area contributed by atoms with Crippen LogP contribution in [0.4, 0.5) is 0 Å². The molecular formula is C33H52O3. The molecule has 0 heterocycles. The van der Waals surface area contributed by atoms with Gasteiger partial charge in [-0.15, -0.1) is 0 Å². The Balaban J connectivity index is 1.53. The van der Waals surface area contributed by atoms with E-state index in [2.05, 4.69) is 61.5 Å². The van der Waals surface area contributed by atoms with Gasteiger partial charge in [-0.05, 0) is 128 Å². The molecule has 0 aromatic heterocycles. The summed E-state index contributed by atoms with van der Waals surface area (Å²) in [5.41, 5.74) is 3.52.